The smallest absolute Gasteiger partial charge is 0.338 e. The van der Waals surface area contributed by atoms with Crippen LogP contribution in [-0.2, 0) is 9.63 Å². The number of hydroxylamine groups is 1. The van der Waals surface area contributed by atoms with Gasteiger partial charge in [0.05, 0.1) is 0 Å². The van der Waals surface area contributed by atoms with Crippen molar-refractivity contribution in [3.8, 4) is 0 Å². The molecule has 2 unspecified atom stereocenters. The first kappa shape index (κ1) is 13.8. The van der Waals surface area contributed by atoms with E-state index >= 15 is 0 Å². The standard InChI is InChI=1S/C11H20N2O4/c1-2-8-4-3-5-9(6-8)12-11(16)13-17-7-10(14)15/h8-9H,2-7H2,1H3,(H,14,15)(H2,12,13,16). The van der Waals surface area contributed by atoms with Gasteiger partial charge in [-0.05, 0) is 18.8 Å². The van der Waals surface area contributed by atoms with Crippen molar-refractivity contribution in [3.63, 3.8) is 0 Å². The number of carbonyl (C=O) groups excluding carboxylic acids is 1. The maximum absolute atomic E-state index is 11.3. The van der Waals surface area contributed by atoms with Crippen LogP contribution in [0, 0.1) is 5.92 Å². The van der Waals surface area contributed by atoms with E-state index in [2.05, 4.69) is 22.6 Å². The third-order valence-electron chi connectivity index (χ3n) is 3.06. The Morgan fingerprint density at radius 2 is 2.18 bits per heavy atom. The highest BCUT2D eigenvalue weighted by Crippen LogP contribution is 2.26. The second kappa shape index (κ2) is 7.11. The van der Waals surface area contributed by atoms with Gasteiger partial charge in [-0.15, -0.1) is 0 Å². The maximum atomic E-state index is 11.3. The number of nitrogens with one attached hydrogen (secondary N) is 2. The summed E-state index contributed by atoms with van der Waals surface area (Å²) < 4.78 is 0. The first-order valence-electron chi connectivity index (χ1n) is 6.02. The van der Waals surface area contributed by atoms with Crippen LogP contribution in [0.15, 0.2) is 0 Å². The van der Waals surface area contributed by atoms with Crippen LogP contribution in [0.25, 0.3) is 0 Å². The zero-order valence-corrected chi connectivity index (χ0v) is 10.1. The molecule has 0 aromatic carbocycles. The molecule has 1 saturated carbocycles. The Morgan fingerprint density at radius 1 is 1.41 bits per heavy atom. The molecule has 2 atom stereocenters. The van der Waals surface area contributed by atoms with Gasteiger partial charge in [-0.1, -0.05) is 26.2 Å². The van der Waals surface area contributed by atoms with Crippen LogP contribution in [0.3, 0.4) is 0 Å². The van der Waals surface area contributed by atoms with Gasteiger partial charge in [-0.2, -0.15) is 0 Å². The van der Waals surface area contributed by atoms with Crippen LogP contribution in [0.2, 0.25) is 0 Å². The molecule has 0 aromatic heterocycles. The predicted octanol–water partition coefficient (Wildman–Crippen LogP) is 1.27. The number of aliphatic carboxylic acids is 1. The number of rotatable bonds is 5. The summed E-state index contributed by atoms with van der Waals surface area (Å²) in [5.41, 5.74) is 2.06. The van der Waals surface area contributed by atoms with Crippen molar-refractivity contribution in [1.82, 2.24) is 10.8 Å². The molecular formula is C11H20N2O4. The lowest BCUT2D eigenvalue weighted by molar-refractivity contribution is -0.144. The first-order chi connectivity index (χ1) is 8.11. The molecule has 1 aliphatic rings. The number of carboxylic acid groups (broad SMARTS) is 1. The van der Waals surface area contributed by atoms with E-state index in [1.54, 1.807) is 0 Å². The number of amides is 2. The molecule has 3 N–H and O–H groups in total. The average molecular weight is 244 g/mol. The van der Waals surface area contributed by atoms with E-state index in [1.807, 2.05) is 0 Å². The van der Waals surface area contributed by atoms with E-state index in [9.17, 15) is 9.59 Å². The fraction of sp³-hybridized carbons (Fsp3) is 0.818. The molecule has 0 radical (unpaired) electrons. The molecule has 0 heterocycles. The van der Waals surface area contributed by atoms with Crippen molar-refractivity contribution in [1.29, 1.82) is 0 Å². The Bertz CT molecular complexity index is 270. The van der Waals surface area contributed by atoms with Gasteiger partial charge < -0.3 is 10.4 Å². The minimum absolute atomic E-state index is 0.169. The minimum atomic E-state index is -1.12. The highest BCUT2D eigenvalue weighted by molar-refractivity contribution is 5.73. The molecule has 0 spiro atoms. The van der Waals surface area contributed by atoms with Gasteiger partial charge in [0.25, 0.3) is 0 Å². The van der Waals surface area contributed by atoms with E-state index in [0.29, 0.717) is 5.92 Å². The SMILES string of the molecule is CCC1CCCC(NC(=O)NOCC(=O)O)C1. The van der Waals surface area contributed by atoms with Gasteiger partial charge in [0.2, 0.25) is 0 Å². The Morgan fingerprint density at radius 3 is 2.82 bits per heavy atom. The Kier molecular flexibility index (Phi) is 5.76. The summed E-state index contributed by atoms with van der Waals surface area (Å²) in [5, 5.41) is 11.1. The largest absolute Gasteiger partial charge is 0.479 e. The number of carboxylic acids is 1. The third-order valence-corrected chi connectivity index (χ3v) is 3.06. The van der Waals surface area contributed by atoms with Gasteiger partial charge in [0.15, 0.2) is 6.61 Å². The average Bonchev–Trinajstić information content (AvgIpc) is 2.28. The highest BCUT2D eigenvalue weighted by atomic mass is 16.7. The second-order valence-corrected chi connectivity index (χ2v) is 4.40. The van der Waals surface area contributed by atoms with Gasteiger partial charge >= 0.3 is 12.0 Å². The fourth-order valence-electron chi connectivity index (χ4n) is 2.17. The Balaban J connectivity index is 2.19. The molecule has 0 saturated heterocycles. The summed E-state index contributed by atoms with van der Waals surface area (Å²) in [6, 6.07) is -0.296. The molecule has 6 heteroatoms. The molecule has 1 fully saturated rings. The van der Waals surface area contributed by atoms with Crippen molar-refractivity contribution in [2.75, 3.05) is 6.61 Å². The van der Waals surface area contributed by atoms with Gasteiger partial charge in [0, 0.05) is 6.04 Å². The normalized spacial score (nSPS) is 24.1. The van der Waals surface area contributed by atoms with E-state index in [0.717, 1.165) is 25.7 Å². The van der Waals surface area contributed by atoms with Crippen LogP contribution in [0.4, 0.5) is 4.79 Å². The minimum Gasteiger partial charge on any atom is -0.479 e. The molecule has 17 heavy (non-hydrogen) atoms. The molecular weight excluding hydrogens is 224 g/mol. The molecule has 0 bridgehead atoms. The Labute approximate surface area is 101 Å². The maximum Gasteiger partial charge on any atom is 0.338 e. The lowest BCUT2D eigenvalue weighted by Crippen LogP contribution is -2.44. The van der Waals surface area contributed by atoms with E-state index in [4.69, 9.17) is 5.11 Å². The van der Waals surface area contributed by atoms with E-state index < -0.39 is 18.6 Å². The van der Waals surface area contributed by atoms with Crippen LogP contribution < -0.4 is 10.8 Å². The molecule has 98 valence electrons. The zero-order chi connectivity index (χ0) is 12.7. The van der Waals surface area contributed by atoms with Crippen molar-refractivity contribution >= 4 is 12.0 Å². The van der Waals surface area contributed by atoms with Crippen LogP contribution in [0.5, 0.6) is 0 Å². The lowest BCUT2D eigenvalue weighted by Gasteiger charge is -2.28. The molecule has 6 nitrogen and oxygen atoms in total. The highest BCUT2D eigenvalue weighted by Gasteiger charge is 2.21. The summed E-state index contributed by atoms with van der Waals surface area (Å²) in [6.07, 6.45) is 5.45. The number of hydrogen-bond acceptors (Lipinski definition) is 3. The van der Waals surface area contributed by atoms with Crippen molar-refractivity contribution in [3.05, 3.63) is 0 Å². The summed E-state index contributed by atoms with van der Waals surface area (Å²) in [6.45, 7) is 1.62. The predicted molar refractivity (Wildman–Crippen MR) is 61.3 cm³/mol. The second-order valence-electron chi connectivity index (χ2n) is 4.40. The monoisotopic (exact) mass is 244 g/mol. The van der Waals surface area contributed by atoms with Crippen LogP contribution >= 0.6 is 0 Å². The van der Waals surface area contributed by atoms with Crippen molar-refractivity contribution < 1.29 is 19.5 Å². The van der Waals surface area contributed by atoms with Crippen LogP contribution in [-0.4, -0.2) is 29.8 Å². The van der Waals surface area contributed by atoms with E-state index in [1.165, 1.54) is 6.42 Å². The molecule has 2 amide bonds. The van der Waals surface area contributed by atoms with Gasteiger partial charge in [-0.3, -0.25) is 4.84 Å². The third kappa shape index (κ3) is 5.53. The van der Waals surface area contributed by atoms with Crippen molar-refractivity contribution in [2.24, 2.45) is 5.92 Å². The molecule has 0 aliphatic heterocycles. The zero-order valence-electron chi connectivity index (χ0n) is 10.1. The van der Waals surface area contributed by atoms with Gasteiger partial charge in [-0.25, -0.2) is 15.1 Å². The lowest BCUT2D eigenvalue weighted by atomic mass is 9.84. The number of hydrogen-bond donors (Lipinski definition) is 3. The summed E-state index contributed by atoms with van der Waals surface area (Å²) in [4.78, 5) is 26.0. The topological polar surface area (TPSA) is 87.7 Å². The summed E-state index contributed by atoms with van der Waals surface area (Å²) in [7, 11) is 0. The number of urea groups is 1. The summed E-state index contributed by atoms with van der Waals surface area (Å²) in [5.74, 6) is -0.442. The molecule has 1 rings (SSSR count). The molecule has 0 aromatic rings. The van der Waals surface area contributed by atoms with Gasteiger partial charge in [0.1, 0.15) is 0 Å². The van der Waals surface area contributed by atoms with E-state index in [-0.39, 0.29) is 6.04 Å². The summed E-state index contributed by atoms with van der Waals surface area (Å²) >= 11 is 0. The first-order valence-corrected chi connectivity index (χ1v) is 6.02. The fourth-order valence-corrected chi connectivity index (χ4v) is 2.17. The van der Waals surface area contributed by atoms with Crippen molar-refractivity contribution in [2.45, 2.75) is 45.1 Å². The van der Waals surface area contributed by atoms with Crippen LogP contribution in [0.1, 0.15) is 39.0 Å². The Hall–Kier alpha value is -1.30. The molecule has 1 aliphatic carbocycles. The number of carbonyl (C=O) groups is 2. The quantitative estimate of drug-likeness (QED) is 0.635.